The van der Waals surface area contributed by atoms with Gasteiger partial charge in [-0.3, -0.25) is 4.79 Å². The Hall–Kier alpha value is -2.10. The lowest BCUT2D eigenvalue weighted by Gasteiger charge is -2.24. The molecule has 20 heavy (non-hydrogen) atoms. The molecule has 0 radical (unpaired) electrons. The summed E-state index contributed by atoms with van der Waals surface area (Å²) in [6.07, 6.45) is 5.25. The first-order valence-corrected chi connectivity index (χ1v) is 7.02. The second-order valence-corrected chi connectivity index (χ2v) is 5.53. The Morgan fingerprint density at radius 2 is 2.00 bits per heavy atom. The van der Waals surface area contributed by atoms with Gasteiger partial charge in [-0.1, -0.05) is 37.1 Å². The number of pyridine rings is 1. The van der Waals surface area contributed by atoms with Crippen molar-refractivity contribution in [3.63, 3.8) is 0 Å². The molecule has 1 aliphatic rings. The van der Waals surface area contributed by atoms with Crippen LogP contribution in [0, 0.1) is 5.41 Å². The second kappa shape index (κ2) is 5.12. The molecular formula is C16H18N2O2. The third-order valence-corrected chi connectivity index (χ3v) is 4.28. The molecule has 1 fully saturated rings. The molecule has 0 aliphatic heterocycles. The Morgan fingerprint density at radius 1 is 1.25 bits per heavy atom. The van der Waals surface area contributed by atoms with E-state index < -0.39 is 11.4 Å². The van der Waals surface area contributed by atoms with Crippen LogP contribution in [0.4, 0.5) is 5.82 Å². The van der Waals surface area contributed by atoms with E-state index in [2.05, 4.69) is 10.3 Å². The van der Waals surface area contributed by atoms with E-state index in [1.165, 1.54) is 0 Å². The van der Waals surface area contributed by atoms with Crippen LogP contribution in [-0.2, 0) is 4.79 Å². The van der Waals surface area contributed by atoms with Crippen molar-refractivity contribution in [1.82, 2.24) is 4.98 Å². The van der Waals surface area contributed by atoms with Crippen LogP contribution in [0.1, 0.15) is 25.7 Å². The summed E-state index contributed by atoms with van der Waals surface area (Å²) < 4.78 is 0. The smallest absolute Gasteiger partial charge is 0.311 e. The quantitative estimate of drug-likeness (QED) is 0.895. The third-order valence-electron chi connectivity index (χ3n) is 4.28. The summed E-state index contributed by atoms with van der Waals surface area (Å²) in [7, 11) is 0. The molecule has 0 unspecified atom stereocenters. The first kappa shape index (κ1) is 12.9. The van der Waals surface area contributed by atoms with Gasteiger partial charge in [-0.05, 0) is 24.3 Å². The number of rotatable bonds is 4. The maximum atomic E-state index is 11.5. The van der Waals surface area contributed by atoms with E-state index in [0.29, 0.717) is 6.54 Å². The summed E-state index contributed by atoms with van der Waals surface area (Å²) in [6.45, 7) is 0.448. The van der Waals surface area contributed by atoms with Gasteiger partial charge in [0.15, 0.2) is 0 Å². The molecule has 2 aromatic rings. The van der Waals surface area contributed by atoms with E-state index in [1.807, 2.05) is 30.3 Å². The summed E-state index contributed by atoms with van der Waals surface area (Å²) in [5.74, 6) is 0.0818. The number of carboxylic acid groups (broad SMARTS) is 1. The van der Waals surface area contributed by atoms with E-state index in [9.17, 15) is 9.90 Å². The molecule has 0 bridgehead atoms. The Kier molecular flexibility index (Phi) is 3.30. The molecule has 104 valence electrons. The molecule has 1 aliphatic carbocycles. The highest BCUT2D eigenvalue weighted by Crippen LogP contribution is 2.38. The second-order valence-electron chi connectivity index (χ2n) is 5.53. The van der Waals surface area contributed by atoms with Crippen LogP contribution in [0.3, 0.4) is 0 Å². The fraction of sp³-hybridized carbons (Fsp3) is 0.375. The lowest BCUT2D eigenvalue weighted by Crippen LogP contribution is -2.35. The average molecular weight is 270 g/mol. The zero-order valence-corrected chi connectivity index (χ0v) is 11.3. The Labute approximate surface area is 117 Å². The highest BCUT2D eigenvalue weighted by molar-refractivity contribution is 5.91. The molecule has 3 rings (SSSR count). The predicted octanol–water partition coefficient (Wildman–Crippen LogP) is 3.29. The highest BCUT2D eigenvalue weighted by atomic mass is 16.4. The fourth-order valence-corrected chi connectivity index (χ4v) is 3.03. The minimum atomic E-state index is -0.692. The number of carboxylic acids is 1. The number of anilines is 1. The lowest BCUT2D eigenvalue weighted by atomic mass is 9.86. The van der Waals surface area contributed by atoms with E-state index in [1.54, 1.807) is 6.20 Å². The van der Waals surface area contributed by atoms with Gasteiger partial charge in [-0.15, -0.1) is 0 Å². The minimum absolute atomic E-state index is 0.448. The molecular weight excluding hydrogens is 252 g/mol. The van der Waals surface area contributed by atoms with Crippen LogP contribution in [0.5, 0.6) is 0 Å². The van der Waals surface area contributed by atoms with Crippen LogP contribution in [0.25, 0.3) is 10.8 Å². The number of aromatic nitrogens is 1. The number of nitrogens with one attached hydrogen (secondary N) is 1. The van der Waals surface area contributed by atoms with Gasteiger partial charge in [0.05, 0.1) is 5.41 Å². The molecule has 1 aromatic carbocycles. The number of hydrogen-bond acceptors (Lipinski definition) is 3. The van der Waals surface area contributed by atoms with Gasteiger partial charge in [0, 0.05) is 18.1 Å². The third kappa shape index (κ3) is 2.22. The minimum Gasteiger partial charge on any atom is -0.481 e. The maximum absolute atomic E-state index is 11.5. The Balaban J connectivity index is 1.85. The number of nitrogens with zero attached hydrogens (tertiary/aromatic N) is 1. The van der Waals surface area contributed by atoms with Gasteiger partial charge in [0.1, 0.15) is 5.82 Å². The largest absolute Gasteiger partial charge is 0.481 e. The highest BCUT2D eigenvalue weighted by Gasteiger charge is 2.41. The number of carbonyl (C=O) groups is 1. The monoisotopic (exact) mass is 270 g/mol. The molecule has 0 saturated heterocycles. The first-order valence-electron chi connectivity index (χ1n) is 7.02. The molecule has 0 amide bonds. The van der Waals surface area contributed by atoms with E-state index in [0.717, 1.165) is 42.3 Å². The van der Waals surface area contributed by atoms with Gasteiger partial charge in [0.2, 0.25) is 0 Å². The van der Waals surface area contributed by atoms with Crippen molar-refractivity contribution in [3.8, 4) is 0 Å². The number of hydrogen-bond donors (Lipinski definition) is 2. The standard InChI is InChI=1S/C16H18N2O2/c19-15(20)16(8-3-4-9-16)11-18-14-13-6-2-1-5-12(13)7-10-17-14/h1-2,5-7,10H,3-4,8-9,11H2,(H,17,18)(H,19,20). The maximum Gasteiger partial charge on any atom is 0.311 e. The van der Waals surface area contributed by atoms with Crippen molar-refractivity contribution in [2.75, 3.05) is 11.9 Å². The van der Waals surface area contributed by atoms with Gasteiger partial charge < -0.3 is 10.4 Å². The topological polar surface area (TPSA) is 62.2 Å². The Morgan fingerprint density at radius 3 is 2.75 bits per heavy atom. The normalized spacial score (nSPS) is 17.2. The van der Waals surface area contributed by atoms with Crippen molar-refractivity contribution in [2.45, 2.75) is 25.7 Å². The zero-order chi connectivity index (χ0) is 14.0. The SMILES string of the molecule is O=C(O)C1(CNc2nccc3ccccc23)CCCC1. The average Bonchev–Trinajstić information content (AvgIpc) is 2.95. The van der Waals surface area contributed by atoms with E-state index in [-0.39, 0.29) is 0 Å². The number of aliphatic carboxylic acids is 1. The van der Waals surface area contributed by atoms with Crippen molar-refractivity contribution in [2.24, 2.45) is 5.41 Å². The number of fused-ring (bicyclic) bond motifs is 1. The van der Waals surface area contributed by atoms with E-state index >= 15 is 0 Å². The molecule has 4 nitrogen and oxygen atoms in total. The molecule has 4 heteroatoms. The van der Waals surface area contributed by atoms with Crippen LogP contribution >= 0.6 is 0 Å². The zero-order valence-electron chi connectivity index (χ0n) is 11.3. The van der Waals surface area contributed by atoms with Crippen molar-refractivity contribution in [1.29, 1.82) is 0 Å². The molecule has 1 aromatic heterocycles. The summed E-state index contributed by atoms with van der Waals surface area (Å²) in [5, 5.41) is 14.9. The van der Waals surface area contributed by atoms with Gasteiger partial charge in [-0.25, -0.2) is 4.98 Å². The summed E-state index contributed by atoms with van der Waals surface area (Å²) >= 11 is 0. The first-order chi connectivity index (χ1) is 9.71. The van der Waals surface area contributed by atoms with Crippen LogP contribution < -0.4 is 5.32 Å². The van der Waals surface area contributed by atoms with E-state index in [4.69, 9.17) is 0 Å². The summed E-state index contributed by atoms with van der Waals surface area (Å²) in [6, 6.07) is 9.96. The van der Waals surface area contributed by atoms with Crippen molar-refractivity contribution >= 4 is 22.6 Å². The van der Waals surface area contributed by atoms with Crippen molar-refractivity contribution < 1.29 is 9.90 Å². The molecule has 0 spiro atoms. The number of benzene rings is 1. The lowest BCUT2D eigenvalue weighted by molar-refractivity contribution is -0.147. The molecule has 1 saturated carbocycles. The van der Waals surface area contributed by atoms with Gasteiger partial charge in [0.25, 0.3) is 0 Å². The van der Waals surface area contributed by atoms with Crippen molar-refractivity contribution in [3.05, 3.63) is 36.5 Å². The molecule has 0 atom stereocenters. The predicted molar refractivity (Wildman–Crippen MR) is 78.8 cm³/mol. The summed E-state index contributed by atoms with van der Waals surface area (Å²) in [4.78, 5) is 15.9. The van der Waals surface area contributed by atoms with Crippen LogP contribution in [-0.4, -0.2) is 22.6 Å². The molecule has 2 N–H and O–H groups in total. The van der Waals surface area contributed by atoms with Gasteiger partial charge in [-0.2, -0.15) is 0 Å². The summed E-state index contributed by atoms with van der Waals surface area (Å²) in [5.41, 5.74) is -0.626. The molecule has 1 heterocycles. The fourth-order valence-electron chi connectivity index (χ4n) is 3.03. The Bertz CT molecular complexity index is 628. The van der Waals surface area contributed by atoms with Crippen LogP contribution in [0.2, 0.25) is 0 Å². The van der Waals surface area contributed by atoms with Gasteiger partial charge >= 0.3 is 5.97 Å². The van der Waals surface area contributed by atoms with Crippen LogP contribution in [0.15, 0.2) is 36.5 Å².